The maximum atomic E-state index is 14.4. The molecule has 4 atom stereocenters. The SMILES string of the molecule is COc1cc([C@@H]2C[C@@H]3C(=C(CO[Si](c4ccccc4)(c4ccccc4)C(C)(C)C)C[C@@H]4C(=O)N(c5ccccc5)C(=O)[C@@H]43)B(O)O2)cc(I)c1O. The van der Waals surface area contributed by atoms with Crippen molar-refractivity contribution in [3.8, 4) is 11.5 Å². The maximum absolute atomic E-state index is 14.4. The summed E-state index contributed by atoms with van der Waals surface area (Å²) in [6.45, 7) is 6.81. The van der Waals surface area contributed by atoms with Crippen LogP contribution in [-0.4, -0.2) is 51.1 Å². The van der Waals surface area contributed by atoms with Gasteiger partial charge in [0.25, 0.3) is 8.32 Å². The number of amides is 2. The number of imide groups is 1. The number of phenolic OH excluding ortho intramolecular Hbond substituents is 1. The van der Waals surface area contributed by atoms with Gasteiger partial charge in [-0.1, -0.05) is 99.6 Å². The van der Waals surface area contributed by atoms with Crippen LogP contribution in [0.5, 0.6) is 11.5 Å². The molecule has 0 unspecified atom stereocenters. The van der Waals surface area contributed by atoms with E-state index in [1.54, 1.807) is 24.3 Å². The van der Waals surface area contributed by atoms with Crippen molar-refractivity contribution in [2.24, 2.45) is 17.8 Å². The number of nitrogens with zero attached hydrogens (tertiary/aromatic N) is 1. The number of hydrogen-bond acceptors (Lipinski definition) is 7. The zero-order chi connectivity index (χ0) is 36.1. The smallest absolute Gasteiger partial charge is 0.487 e. The first-order chi connectivity index (χ1) is 24.5. The van der Waals surface area contributed by atoms with Gasteiger partial charge in [0.05, 0.1) is 40.9 Å². The first-order valence-electron chi connectivity index (χ1n) is 17.3. The van der Waals surface area contributed by atoms with Gasteiger partial charge in [0, 0.05) is 0 Å². The van der Waals surface area contributed by atoms with Crippen LogP contribution in [0.15, 0.2) is 114 Å². The van der Waals surface area contributed by atoms with Crippen molar-refractivity contribution >= 4 is 65.9 Å². The van der Waals surface area contributed by atoms with Gasteiger partial charge in [-0.05, 0) is 97.6 Å². The molecule has 4 aromatic rings. The molecule has 0 radical (unpaired) electrons. The van der Waals surface area contributed by atoms with Gasteiger partial charge < -0.3 is 23.9 Å². The summed E-state index contributed by atoms with van der Waals surface area (Å²) in [5.74, 6) is -1.98. The number of para-hydroxylation sites is 1. The number of aromatic hydroxyl groups is 1. The van der Waals surface area contributed by atoms with Crippen molar-refractivity contribution in [1.29, 1.82) is 0 Å². The third kappa shape index (κ3) is 6.16. The van der Waals surface area contributed by atoms with Gasteiger partial charge in [-0.2, -0.15) is 0 Å². The summed E-state index contributed by atoms with van der Waals surface area (Å²) in [5.41, 5.74) is 2.67. The lowest BCUT2D eigenvalue weighted by Gasteiger charge is -2.45. The van der Waals surface area contributed by atoms with Crippen LogP contribution in [0.1, 0.15) is 45.3 Å². The van der Waals surface area contributed by atoms with E-state index in [4.69, 9.17) is 13.8 Å². The van der Waals surface area contributed by atoms with Gasteiger partial charge in [0.15, 0.2) is 11.5 Å². The topological polar surface area (TPSA) is 106 Å². The van der Waals surface area contributed by atoms with Gasteiger partial charge in [0.2, 0.25) is 11.8 Å². The van der Waals surface area contributed by atoms with E-state index >= 15 is 0 Å². The molecule has 0 saturated carbocycles. The zero-order valence-corrected chi connectivity index (χ0v) is 32.2. The highest BCUT2D eigenvalue weighted by molar-refractivity contribution is 14.1. The summed E-state index contributed by atoms with van der Waals surface area (Å²) in [4.78, 5) is 30.0. The predicted octanol–water partition coefficient (Wildman–Crippen LogP) is 6.19. The number of benzene rings is 4. The summed E-state index contributed by atoms with van der Waals surface area (Å²) >= 11 is 2.04. The van der Waals surface area contributed by atoms with Crippen LogP contribution in [0.25, 0.3) is 0 Å². The molecule has 4 aromatic carbocycles. The summed E-state index contributed by atoms with van der Waals surface area (Å²) in [6.07, 6.45) is 0.00337. The van der Waals surface area contributed by atoms with E-state index in [2.05, 4.69) is 45.0 Å². The summed E-state index contributed by atoms with van der Waals surface area (Å²) in [6, 6.07) is 33.3. The van der Waals surface area contributed by atoms with Crippen LogP contribution >= 0.6 is 22.6 Å². The van der Waals surface area contributed by atoms with E-state index in [1.807, 2.05) is 77.2 Å². The lowest BCUT2D eigenvalue weighted by Crippen LogP contribution is -2.66. The Morgan fingerprint density at radius 1 is 0.902 bits per heavy atom. The molecule has 7 rings (SSSR count). The molecule has 0 bridgehead atoms. The highest BCUT2D eigenvalue weighted by atomic mass is 127. The molecule has 0 spiro atoms. The van der Waals surface area contributed by atoms with E-state index in [9.17, 15) is 19.7 Å². The fourth-order valence-electron chi connectivity index (χ4n) is 8.48. The minimum atomic E-state index is -2.99. The van der Waals surface area contributed by atoms with E-state index < -0.39 is 39.3 Å². The lowest BCUT2D eigenvalue weighted by atomic mass is 9.55. The molecule has 2 aliphatic heterocycles. The largest absolute Gasteiger partial charge is 0.504 e. The number of phenols is 1. The van der Waals surface area contributed by atoms with Gasteiger partial charge in [-0.15, -0.1) is 0 Å². The van der Waals surface area contributed by atoms with Gasteiger partial charge >= 0.3 is 7.12 Å². The van der Waals surface area contributed by atoms with Crippen LogP contribution in [0.4, 0.5) is 5.69 Å². The number of fused-ring (bicyclic) bond motifs is 3. The van der Waals surface area contributed by atoms with Crippen LogP contribution in [-0.2, 0) is 18.7 Å². The number of halogens is 1. The van der Waals surface area contributed by atoms with E-state index in [-0.39, 0.29) is 35.6 Å². The van der Waals surface area contributed by atoms with Gasteiger partial charge in [-0.25, -0.2) is 0 Å². The number of carbonyl (C=O) groups excluding carboxylic acids is 2. The second-order valence-electron chi connectivity index (χ2n) is 14.6. The Bertz CT molecular complexity index is 1930. The fourth-order valence-corrected chi connectivity index (χ4v) is 13.7. The molecule has 2 saturated heterocycles. The van der Waals surface area contributed by atoms with E-state index in [0.29, 0.717) is 32.5 Å². The second-order valence-corrected chi connectivity index (χ2v) is 20.0. The van der Waals surface area contributed by atoms with Crippen molar-refractivity contribution in [2.75, 3.05) is 18.6 Å². The lowest BCUT2D eigenvalue weighted by molar-refractivity contribution is -0.123. The highest BCUT2D eigenvalue weighted by Crippen LogP contribution is 2.53. The molecule has 2 heterocycles. The number of hydrogen-bond donors (Lipinski definition) is 2. The molecular formula is C40H41BINO7Si. The highest BCUT2D eigenvalue weighted by Gasteiger charge is 2.59. The zero-order valence-electron chi connectivity index (χ0n) is 29.1. The molecule has 1 aliphatic carbocycles. The van der Waals surface area contributed by atoms with Crippen molar-refractivity contribution in [2.45, 2.75) is 44.8 Å². The molecule has 11 heteroatoms. The number of allylic oxidation sites excluding steroid dienone is 1. The van der Waals surface area contributed by atoms with Gasteiger partial charge in [0.1, 0.15) is 0 Å². The Labute approximate surface area is 313 Å². The Hall–Kier alpha value is -3.75. The van der Waals surface area contributed by atoms with Crippen LogP contribution < -0.4 is 20.0 Å². The maximum Gasteiger partial charge on any atom is 0.487 e. The molecule has 3 aliphatic rings. The molecular weight excluding hydrogens is 772 g/mol. The van der Waals surface area contributed by atoms with Crippen molar-refractivity contribution in [1.82, 2.24) is 0 Å². The number of rotatable bonds is 8. The molecule has 262 valence electrons. The summed E-state index contributed by atoms with van der Waals surface area (Å²) in [7, 11) is -2.84. The predicted molar refractivity (Wildman–Crippen MR) is 208 cm³/mol. The Kier molecular flexibility index (Phi) is 9.78. The number of anilines is 1. The monoisotopic (exact) mass is 813 g/mol. The minimum Gasteiger partial charge on any atom is -0.504 e. The Morgan fingerprint density at radius 2 is 1.49 bits per heavy atom. The van der Waals surface area contributed by atoms with Crippen LogP contribution in [0.3, 0.4) is 0 Å². The van der Waals surface area contributed by atoms with E-state index in [1.165, 1.54) is 12.0 Å². The normalized spacial score (nSPS) is 22.2. The molecule has 2 fully saturated rings. The summed E-state index contributed by atoms with van der Waals surface area (Å²) in [5, 5.41) is 24.4. The Balaban J connectivity index is 1.33. The number of ether oxygens (including phenoxy) is 1. The minimum absolute atomic E-state index is 0.0226. The van der Waals surface area contributed by atoms with Crippen LogP contribution in [0.2, 0.25) is 5.04 Å². The first kappa shape index (κ1) is 35.6. The third-order valence-electron chi connectivity index (χ3n) is 10.7. The van der Waals surface area contributed by atoms with Crippen LogP contribution in [0, 0.1) is 21.3 Å². The molecule has 2 N–H and O–H groups in total. The molecule has 51 heavy (non-hydrogen) atoms. The standard InChI is InChI=1S/C40H41BINO7Si/c1-40(2,3)51(28-16-10-6-11-17-28,29-18-12-7-13-19-29)49-24-26-20-31-35(39(46)43(38(31)45)27-14-8-5-9-15-27)30-23-33(50-41(47)36(26)30)25-21-32(42)37(44)34(22-25)48-4/h5-19,21-22,30-31,33,35,44,47H,20,23-24H2,1-4H3/t30-,31-,33-,35+/m0/s1. The number of carbonyl (C=O) groups is 2. The average molecular weight is 814 g/mol. The first-order valence-corrected chi connectivity index (χ1v) is 20.2. The molecule has 2 amide bonds. The second kappa shape index (κ2) is 14.0. The van der Waals surface area contributed by atoms with E-state index in [0.717, 1.165) is 15.9 Å². The Morgan fingerprint density at radius 3 is 2.06 bits per heavy atom. The average Bonchev–Trinajstić information content (AvgIpc) is 3.38. The number of methoxy groups -OCH3 is 1. The fraction of sp³-hybridized carbons (Fsp3) is 0.300. The van der Waals surface area contributed by atoms with Crippen molar-refractivity contribution in [3.05, 3.63) is 123 Å². The molecule has 8 nitrogen and oxygen atoms in total. The third-order valence-corrected chi connectivity index (χ3v) is 16.6. The van der Waals surface area contributed by atoms with Crippen molar-refractivity contribution in [3.63, 3.8) is 0 Å². The van der Waals surface area contributed by atoms with Crippen molar-refractivity contribution < 1.29 is 33.5 Å². The summed E-state index contributed by atoms with van der Waals surface area (Å²) < 4.78 is 19.7. The van der Waals surface area contributed by atoms with Gasteiger partial charge in [-0.3, -0.25) is 14.5 Å². The molecule has 0 aromatic heterocycles. The quantitative estimate of drug-likeness (QED) is 0.124.